The highest BCUT2D eigenvalue weighted by Gasteiger charge is 2.21. The van der Waals surface area contributed by atoms with Gasteiger partial charge in [-0.1, -0.05) is 0 Å². The van der Waals surface area contributed by atoms with Crippen molar-refractivity contribution in [3.05, 3.63) is 24.0 Å². The summed E-state index contributed by atoms with van der Waals surface area (Å²) in [7, 11) is 0. The summed E-state index contributed by atoms with van der Waals surface area (Å²) < 4.78 is 7.77. The SMILES string of the molecule is CC(=O)c1ccn(CC2CCC(C)O2)c1. The summed E-state index contributed by atoms with van der Waals surface area (Å²) in [4.78, 5) is 11.1. The molecule has 2 atom stereocenters. The third-order valence-corrected chi connectivity index (χ3v) is 2.89. The van der Waals surface area contributed by atoms with Crippen molar-refractivity contribution in [1.82, 2.24) is 4.57 Å². The van der Waals surface area contributed by atoms with Gasteiger partial charge in [0.2, 0.25) is 0 Å². The lowest BCUT2D eigenvalue weighted by atomic mass is 10.2. The van der Waals surface area contributed by atoms with Gasteiger partial charge in [-0.2, -0.15) is 0 Å². The molecule has 1 aromatic heterocycles. The van der Waals surface area contributed by atoms with Gasteiger partial charge in [0.1, 0.15) is 0 Å². The van der Waals surface area contributed by atoms with Crippen molar-refractivity contribution >= 4 is 5.78 Å². The maximum absolute atomic E-state index is 11.1. The molecule has 1 aromatic rings. The van der Waals surface area contributed by atoms with Crippen LogP contribution in [0.15, 0.2) is 18.5 Å². The lowest BCUT2D eigenvalue weighted by Gasteiger charge is -2.11. The summed E-state index contributed by atoms with van der Waals surface area (Å²) in [6, 6.07) is 1.86. The van der Waals surface area contributed by atoms with E-state index in [9.17, 15) is 4.79 Å². The lowest BCUT2D eigenvalue weighted by molar-refractivity contribution is 0.0458. The fourth-order valence-electron chi connectivity index (χ4n) is 2.02. The van der Waals surface area contributed by atoms with Crippen molar-refractivity contribution in [2.75, 3.05) is 0 Å². The van der Waals surface area contributed by atoms with Crippen LogP contribution in [0.5, 0.6) is 0 Å². The van der Waals surface area contributed by atoms with Gasteiger partial charge >= 0.3 is 0 Å². The number of ketones is 1. The van der Waals surface area contributed by atoms with E-state index in [1.165, 1.54) is 0 Å². The third-order valence-electron chi connectivity index (χ3n) is 2.89. The predicted molar refractivity (Wildman–Crippen MR) is 58.0 cm³/mol. The monoisotopic (exact) mass is 207 g/mol. The number of Topliss-reactive ketones (excluding diaryl/α,β-unsaturated/α-hetero) is 1. The molecule has 2 unspecified atom stereocenters. The zero-order valence-corrected chi connectivity index (χ0v) is 9.27. The van der Waals surface area contributed by atoms with E-state index in [0.717, 1.165) is 24.9 Å². The molecule has 1 fully saturated rings. The molecule has 0 bridgehead atoms. The van der Waals surface area contributed by atoms with Crippen molar-refractivity contribution in [2.45, 2.75) is 45.4 Å². The Balaban J connectivity index is 1.96. The molecule has 0 aromatic carbocycles. The third kappa shape index (κ3) is 2.48. The molecule has 2 rings (SSSR count). The molecule has 0 aliphatic carbocycles. The van der Waals surface area contributed by atoms with E-state index in [-0.39, 0.29) is 5.78 Å². The van der Waals surface area contributed by atoms with Crippen LogP contribution >= 0.6 is 0 Å². The normalized spacial score (nSPS) is 25.7. The molecule has 1 aliphatic heterocycles. The number of nitrogens with zero attached hydrogens (tertiary/aromatic N) is 1. The summed E-state index contributed by atoms with van der Waals surface area (Å²) >= 11 is 0. The molecule has 1 aliphatic rings. The highest BCUT2D eigenvalue weighted by molar-refractivity contribution is 5.93. The Hall–Kier alpha value is -1.09. The minimum atomic E-state index is 0.120. The number of ether oxygens (including phenoxy) is 1. The molecule has 3 heteroatoms. The second kappa shape index (κ2) is 4.19. The number of hydrogen-bond acceptors (Lipinski definition) is 2. The highest BCUT2D eigenvalue weighted by Crippen LogP contribution is 2.20. The fraction of sp³-hybridized carbons (Fsp3) is 0.583. The Kier molecular flexibility index (Phi) is 2.91. The van der Waals surface area contributed by atoms with Crippen LogP contribution in [0.25, 0.3) is 0 Å². The standard InChI is InChI=1S/C12H17NO2/c1-9-3-4-12(15-9)8-13-6-5-11(7-13)10(2)14/h5-7,9,12H,3-4,8H2,1-2H3. The molecular weight excluding hydrogens is 190 g/mol. The van der Waals surface area contributed by atoms with Gasteiger partial charge in [-0.15, -0.1) is 0 Å². The first-order chi connectivity index (χ1) is 7.15. The number of carbonyl (C=O) groups excluding carboxylic acids is 1. The van der Waals surface area contributed by atoms with E-state index in [4.69, 9.17) is 4.74 Å². The number of aromatic nitrogens is 1. The average molecular weight is 207 g/mol. The van der Waals surface area contributed by atoms with E-state index in [1.807, 2.05) is 23.0 Å². The predicted octanol–water partition coefficient (Wildman–Crippen LogP) is 2.26. The average Bonchev–Trinajstić information content (AvgIpc) is 2.76. The first-order valence-corrected chi connectivity index (χ1v) is 5.47. The smallest absolute Gasteiger partial charge is 0.161 e. The maximum atomic E-state index is 11.1. The van der Waals surface area contributed by atoms with Crippen LogP contribution in [-0.4, -0.2) is 22.6 Å². The van der Waals surface area contributed by atoms with Crippen molar-refractivity contribution in [1.29, 1.82) is 0 Å². The van der Waals surface area contributed by atoms with E-state index in [2.05, 4.69) is 6.92 Å². The van der Waals surface area contributed by atoms with Gasteiger partial charge in [0.25, 0.3) is 0 Å². The summed E-state index contributed by atoms with van der Waals surface area (Å²) in [6.07, 6.45) is 6.81. The van der Waals surface area contributed by atoms with Gasteiger partial charge < -0.3 is 9.30 Å². The largest absolute Gasteiger partial charge is 0.373 e. The maximum Gasteiger partial charge on any atom is 0.161 e. The molecule has 0 N–H and O–H groups in total. The molecule has 0 amide bonds. The second-order valence-corrected chi connectivity index (χ2v) is 4.30. The van der Waals surface area contributed by atoms with E-state index < -0.39 is 0 Å². The van der Waals surface area contributed by atoms with E-state index in [1.54, 1.807) is 6.92 Å². The Bertz CT molecular complexity index is 356. The Labute approximate surface area is 90.0 Å². The first kappa shape index (κ1) is 10.4. The Morgan fingerprint density at radius 2 is 2.40 bits per heavy atom. The zero-order chi connectivity index (χ0) is 10.8. The molecule has 15 heavy (non-hydrogen) atoms. The van der Waals surface area contributed by atoms with Crippen LogP contribution < -0.4 is 0 Å². The van der Waals surface area contributed by atoms with Crippen LogP contribution in [0.4, 0.5) is 0 Å². The van der Waals surface area contributed by atoms with Gasteiger partial charge in [0.05, 0.1) is 12.2 Å². The molecule has 0 spiro atoms. The van der Waals surface area contributed by atoms with Crippen LogP contribution in [0.1, 0.15) is 37.0 Å². The van der Waals surface area contributed by atoms with Crippen molar-refractivity contribution < 1.29 is 9.53 Å². The van der Waals surface area contributed by atoms with Crippen LogP contribution in [0.2, 0.25) is 0 Å². The molecule has 2 heterocycles. The van der Waals surface area contributed by atoms with Gasteiger partial charge in [0, 0.05) is 24.5 Å². The molecule has 3 nitrogen and oxygen atoms in total. The molecule has 0 saturated carbocycles. The second-order valence-electron chi connectivity index (χ2n) is 4.30. The number of carbonyl (C=O) groups is 1. The summed E-state index contributed by atoms with van der Waals surface area (Å²) in [5, 5.41) is 0. The van der Waals surface area contributed by atoms with Crippen LogP contribution in [0, 0.1) is 0 Å². The van der Waals surface area contributed by atoms with Crippen molar-refractivity contribution in [3.63, 3.8) is 0 Å². The quantitative estimate of drug-likeness (QED) is 0.712. The summed E-state index contributed by atoms with van der Waals surface area (Å²) in [5.41, 5.74) is 0.779. The van der Waals surface area contributed by atoms with Gasteiger partial charge in [-0.05, 0) is 32.8 Å². The first-order valence-electron chi connectivity index (χ1n) is 5.47. The number of rotatable bonds is 3. The van der Waals surface area contributed by atoms with E-state index in [0.29, 0.717) is 12.2 Å². The Morgan fingerprint density at radius 1 is 1.60 bits per heavy atom. The molecule has 82 valence electrons. The molecule has 0 radical (unpaired) electrons. The fourth-order valence-corrected chi connectivity index (χ4v) is 2.02. The summed E-state index contributed by atoms with van der Waals surface area (Å²) in [6.45, 7) is 4.56. The van der Waals surface area contributed by atoms with E-state index >= 15 is 0 Å². The van der Waals surface area contributed by atoms with Crippen molar-refractivity contribution in [3.8, 4) is 0 Å². The molecule has 1 saturated heterocycles. The summed E-state index contributed by atoms with van der Waals surface area (Å²) in [5.74, 6) is 0.120. The Morgan fingerprint density at radius 3 is 2.93 bits per heavy atom. The minimum absolute atomic E-state index is 0.120. The zero-order valence-electron chi connectivity index (χ0n) is 9.27. The topological polar surface area (TPSA) is 31.2 Å². The van der Waals surface area contributed by atoms with Gasteiger partial charge in [-0.3, -0.25) is 4.79 Å². The lowest BCUT2D eigenvalue weighted by Crippen LogP contribution is -2.15. The van der Waals surface area contributed by atoms with Crippen molar-refractivity contribution in [2.24, 2.45) is 0 Å². The minimum Gasteiger partial charge on any atom is -0.373 e. The highest BCUT2D eigenvalue weighted by atomic mass is 16.5. The molecular formula is C12H17NO2. The number of hydrogen-bond donors (Lipinski definition) is 0. The van der Waals surface area contributed by atoms with Crippen LogP contribution in [0.3, 0.4) is 0 Å². The van der Waals surface area contributed by atoms with Gasteiger partial charge in [0.15, 0.2) is 5.78 Å². The van der Waals surface area contributed by atoms with Gasteiger partial charge in [-0.25, -0.2) is 0 Å². The van der Waals surface area contributed by atoms with Crippen LogP contribution in [-0.2, 0) is 11.3 Å².